The molecule has 0 radical (unpaired) electrons. The minimum absolute atomic E-state index is 0.182. The van der Waals surface area contributed by atoms with Gasteiger partial charge in [-0.1, -0.05) is 29.8 Å². The minimum atomic E-state index is -0.182. The van der Waals surface area contributed by atoms with Crippen molar-refractivity contribution >= 4 is 34.5 Å². The molecule has 0 spiro atoms. The Morgan fingerprint density at radius 1 is 1.15 bits per heavy atom. The van der Waals surface area contributed by atoms with Crippen molar-refractivity contribution < 1.29 is 14.3 Å². The molecule has 0 aliphatic rings. The molecule has 0 aliphatic carbocycles. The SMILES string of the molecule is COc1ccc(NC(=O)c2cc(COc3ccccc3C)cs2)cc1Cl. The van der Waals surface area contributed by atoms with E-state index in [1.54, 1.807) is 25.3 Å². The lowest BCUT2D eigenvalue weighted by atomic mass is 10.2. The molecule has 0 saturated heterocycles. The summed E-state index contributed by atoms with van der Waals surface area (Å²) in [6.07, 6.45) is 0. The Hall–Kier alpha value is -2.50. The number of thiophene rings is 1. The molecule has 0 saturated carbocycles. The van der Waals surface area contributed by atoms with Crippen molar-refractivity contribution in [1.29, 1.82) is 0 Å². The number of para-hydroxylation sites is 1. The zero-order valence-corrected chi connectivity index (χ0v) is 16.0. The van der Waals surface area contributed by atoms with Crippen LogP contribution in [-0.2, 0) is 6.61 Å². The van der Waals surface area contributed by atoms with E-state index in [0.717, 1.165) is 16.9 Å². The first-order valence-electron chi connectivity index (χ1n) is 7.97. The van der Waals surface area contributed by atoms with Crippen molar-refractivity contribution in [3.8, 4) is 11.5 Å². The molecule has 3 rings (SSSR count). The second-order valence-corrected chi connectivity index (χ2v) is 7.00. The molecule has 1 aromatic heterocycles. The maximum atomic E-state index is 12.4. The summed E-state index contributed by atoms with van der Waals surface area (Å²) in [6, 6.07) is 14.8. The molecule has 134 valence electrons. The first-order chi connectivity index (χ1) is 12.6. The van der Waals surface area contributed by atoms with Crippen LogP contribution in [0.4, 0.5) is 5.69 Å². The zero-order chi connectivity index (χ0) is 18.5. The van der Waals surface area contributed by atoms with Crippen molar-refractivity contribution in [1.82, 2.24) is 0 Å². The molecule has 1 amide bonds. The topological polar surface area (TPSA) is 47.6 Å². The van der Waals surface area contributed by atoms with Crippen LogP contribution in [0.3, 0.4) is 0 Å². The normalized spacial score (nSPS) is 10.4. The fraction of sp³-hybridized carbons (Fsp3) is 0.150. The highest BCUT2D eigenvalue weighted by Gasteiger charge is 2.11. The van der Waals surface area contributed by atoms with Crippen LogP contribution in [0.5, 0.6) is 11.5 Å². The van der Waals surface area contributed by atoms with Crippen LogP contribution >= 0.6 is 22.9 Å². The number of carbonyl (C=O) groups is 1. The van der Waals surface area contributed by atoms with Crippen molar-refractivity contribution in [2.75, 3.05) is 12.4 Å². The zero-order valence-electron chi connectivity index (χ0n) is 14.4. The van der Waals surface area contributed by atoms with Gasteiger partial charge in [-0.05, 0) is 48.2 Å². The number of rotatable bonds is 6. The minimum Gasteiger partial charge on any atom is -0.495 e. The van der Waals surface area contributed by atoms with Gasteiger partial charge in [0.05, 0.1) is 17.0 Å². The Kier molecular flexibility index (Phi) is 5.81. The Morgan fingerprint density at radius 2 is 1.96 bits per heavy atom. The molecule has 6 heteroatoms. The molecule has 26 heavy (non-hydrogen) atoms. The fourth-order valence-electron chi connectivity index (χ4n) is 2.39. The van der Waals surface area contributed by atoms with E-state index in [2.05, 4.69) is 5.32 Å². The number of carbonyl (C=O) groups excluding carboxylic acids is 1. The Labute approximate surface area is 161 Å². The van der Waals surface area contributed by atoms with Gasteiger partial charge in [0.2, 0.25) is 0 Å². The summed E-state index contributed by atoms with van der Waals surface area (Å²) in [6.45, 7) is 2.42. The van der Waals surface area contributed by atoms with E-state index in [-0.39, 0.29) is 5.91 Å². The molecule has 0 fully saturated rings. The largest absolute Gasteiger partial charge is 0.495 e. The van der Waals surface area contributed by atoms with Gasteiger partial charge in [-0.15, -0.1) is 11.3 Å². The van der Waals surface area contributed by atoms with Crippen LogP contribution in [0.25, 0.3) is 0 Å². The van der Waals surface area contributed by atoms with E-state index >= 15 is 0 Å². The average molecular weight is 388 g/mol. The third kappa shape index (κ3) is 4.36. The van der Waals surface area contributed by atoms with Gasteiger partial charge in [0.25, 0.3) is 5.91 Å². The molecule has 0 atom stereocenters. The highest BCUT2D eigenvalue weighted by atomic mass is 35.5. The van der Waals surface area contributed by atoms with Crippen LogP contribution in [0.1, 0.15) is 20.8 Å². The number of ether oxygens (including phenoxy) is 2. The molecule has 1 heterocycles. The lowest BCUT2D eigenvalue weighted by Gasteiger charge is -2.07. The third-order valence-electron chi connectivity index (χ3n) is 3.78. The van der Waals surface area contributed by atoms with Crippen LogP contribution in [0.15, 0.2) is 53.9 Å². The summed E-state index contributed by atoms with van der Waals surface area (Å²) in [5, 5.41) is 5.21. The molecule has 2 aromatic carbocycles. The summed E-state index contributed by atoms with van der Waals surface area (Å²) in [5.74, 6) is 1.23. The van der Waals surface area contributed by atoms with Gasteiger partial charge in [-0.3, -0.25) is 4.79 Å². The second-order valence-electron chi connectivity index (χ2n) is 5.68. The maximum absolute atomic E-state index is 12.4. The summed E-state index contributed by atoms with van der Waals surface area (Å²) < 4.78 is 10.9. The molecular formula is C20H18ClNO3S. The number of amides is 1. The lowest BCUT2D eigenvalue weighted by Crippen LogP contribution is -2.10. The second kappa shape index (κ2) is 8.25. The summed E-state index contributed by atoms with van der Waals surface area (Å²) in [7, 11) is 1.55. The number of anilines is 1. The molecule has 0 unspecified atom stereocenters. The van der Waals surface area contributed by atoms with E-state index in [1.807, 2.05) is 42.6 Å². The van der Waals surface area contributed by atoms with Gasteiger partial charge >= 0.3 is 0 Å². The first kappa shape index (κ1) is 18.3. The predicted molar refractivity (Wildman–Crippen MR) is 106 cm³/mol. The van der Waals surface area contributed by atoms with Crippen molar-refractivity contribution in [3.63, 3.8) is 0 Å². The van der Waals surface area contributed by atoms with E-state index in [1.165, 1.54) is 11.3 Å². The number of hydrogen-bond donors (Lipinski definition) is 1. The number of nitrogens with one attached hydrogen (secondary N) is 1. The maximum Gasteiger partial charge on any atom is 0.265 e. The molecular weight excluding hydrogens is 370 g/mol. The summed E-state index contributed by atoms with van der Waals surface area (Å²) >= 11 is 7.46. The Morgan fingerprint density at radius 3 is 2.69 bits per heavy atom. The number of aryl methyl sites for hydroxylation is 1. The van der Waals surface area contributed by atoms with Crippen molar-refractivity contribution in [2.45, 2.75) is 13.5 Å². The van der Waals surface area contributed by atoms with Crippen LogP contribution in [-0.4, -0.2) is 13.0 Å². The monoisotopic (exact) mass is 387 g/mol. The van der Waals surface area contributed by atoms with Crippen molar-refractivity contribution in [2.24, 2.45) is 0 Å². The summed E-state index contributed by atoms with van der Waals surface area (Å²) in [5.41, 5.74) is 2.65. The standard InChI is InChI=1S/C20H18ClNO3S/c1-13-5-3-4-6-17(13)25-11-14-9-19(26-12-14)20(23)22-15-7-8-18(24-2)16(21)10-15/h3-10,12H,11H2,1-2H3,(H,22,23). The average Bonchev–Trinajstić information content (AvgIpc) is 3.10. The quantitative estimate of drug-likeness (QED) is 0.603. The number of halogens is 1. The molecule has 1 N–H and O–H groups in total. The Balaban J connectivity index is 1.62. The molecule has 3 aromatic rings. The highest BCUT2D eigenvalue weighted by Crippen LogP contribution is 2.28. The van der Waals surface area contributed by atoms with Gasteiger partial charge < -0.3 is 14.8 Å². The van der Waals surface area contributed by atoms with Gasteiger partial charge in [-0.2, -0.15) is 0 Å². The third-order valence-corrected chi connectivity index (χ3v) is 5.05. The van der Waals surface area contributed by atoms with Crippen LogP contribution < -0.4 is 14.8 Å². The van der Waals surface area contributed by atoms with Crippen molar-refractivity contribution in [3.05, 3.63) is 74.9 Å². The summed E-state index contributed by atoms with van der Waals surface area (Å²) in [4.78, 5) is 13.0. The van der Waals surface area contributed by atoms with E-state index in [9.17, 15) is 4.79 Å². The van der Waals surface area contributed by atoms with E-state index in [4.69, 9.17) is 21.1 Å². The van der Waals surface area contributed by atoms with Gasteiger partial charge in [0.15, 0.2) is 0 Å². The number of hydrogen-bond acceptors (Lipinski definition) is 4. The number of benzene rings is 2. The van der Waals surface area contributed by atoms with Gasteiger partial charge in [0.1, 0.15) is 18.1 Å². The highest BCUT2D eigenvalue weighted by molar-refractivity contribution is 7.12. The van der Waals surface area contributed by atoms with E-state index in [0.29, 0.717) is 27.9 Å². The fourth-order valence-corrected chi connectivity index (χ4v) is 3.44. The number of methoxy groups -OCH3 is 1. The smallest absolute Gasteiger partial charge is 0.265 e. The molecule has 0 bridgehead atoms. The molecule has 4 nitrogen and oxygen atoms in total. The predicted octanol–water partition coefficient (Wildman–Crippen LogP) is 5.55. The molecule has 0 aliphatic heterocycles. The van der Waals surface area contributed by atoms with E-state index < -0.39 is 0 Å². The van der Waals surface area contributed by atoms with Gasteiger partial charge in [0, 0.05) is 11.3 Å². The first-order valence-corrected chi connectivity index (χ1v) is 9.23. The van der Waals surface area contributed by atoms with Crippen LogP contribution in [0.2, 0.25) is 5.02 Å². The lowest BCUT2D eigenvalue weighted by molar-refractivity contribution is 0.103. The van der Waals surface area contributed by atoms with Crippen LogP contribution in [0, 0.1) is 6.92 Å². The Bertz CT molecular complexity index is 923. The van der Waals surface area contributed by atoms with Gasteiger partial charge in [-0.25, -0.2) is 0 Å².